The van der Waals surface area contributed by atoms with Crippen molar-refractivity contribution in [2.45, 2.75) is 0 Å². The Kier molecular flexibility index (Phi) is 1.79. The Morgan fingerprint density at radius 3 is 3.22 bits per heavy atom. The molecule has 1 aromatic heterocycles. The summed E-state index contributed by atoms with van der Waals surface area (Å²) in [5.74, 6) is -0.402. The van der Waals surface area contributed by atoms with E-state index in [4.69, 9.17) is 0 Å². The van der Waals surface area contributed by atoms with Crippen molar-refractivity contribution >= 4 is 17.3 Å². The van der Waals surface area contributed by atoms with Crippen LogP contribution in [0.4, 0.5) is 0 Å². The first-order chi connectivity index (χ1) is 4.34. The summed E-state index contributed by atoms with van der Waals surface area (Å²) < 4.78 is 4.38. The Bertz CT molecular complexity index is 195. The van der Waals surface area contributed by atoms with Crippen LogP contribution < -0.4 is 0 Å². The maximum absolute atomic E-state index is 10.6. The molecule has 0 bridgehead atoms. The van der Waals surface area contributed by atoms with E-state index in [0.29, 0.717) is 5.01 Å². The van der Waals surface area contributed by atoms with E-state index in [9.17, 15) is 4.79 Å². The molecule has 0 aliphatic rings. The maximum Gasteiger partial charge on any atom is 0.367 e. The number of hydrogen-bond donors (Lipinski definition) is 0. The standard InChI is InChI=1S/C5H4NO2S/c1-8-5(7)4-6-2-3-9-4/h2H,1H3. The summed E-state index contributed by atoms with van der Waals surface area (Å²) in [7, 11) is 1.32. The number of methoxy groups -OCH3 is 1. The Morgan fingerprint density at radius 1 is 2.00 bits per heavy atom. The van der Waals surface area contributed by atoms with E-state index in [2.05, 4.69) is 15.1 Å². The quantitative estimate of drug-likeness (QED) is 0.542. The number of carbonyl (C=O) groups is 1. The third-order valence-electron chi connectivity index (χ3n) is 0.750. The van der Waals surface area contributed by atoms with Gasteiger partial charge in [-0.05, 0) is 0 Å². The molecule has 1 aromatic rings. The number of ether oxygens (including phenoxy) is 1. The van der Waals surface area contributed by atoms with E-state index in [-0.39, 0.29) is 0 Å². The van der Waals surface area contributed by atoms with E-state index < -0.39 is 5.97 Å². The van der Waals surface area contributed by atoms with Crippen LogP contribution in [0.5, 0.6) is 0 Å². The van der Waals surface area contributed by atoms with Crippen molar-refractivity contribution in [3.8, 4) is 0 Å². The van der Waals surface area contributed by atoms with Gasteiger partial charge in [-0.2, -0.15) is 0 Å². The number of hydrogen-bond acceptors (Lipinski definition) is 4. The number of rotatable bonds is 1. The summed E-state index contributed by atoms with van der Waals surface area (Å²) in [5.41, 5.74) is 0. The molecule has 0 saturated carbocycles. The highest BCUT2D eigenvalue weighted by Crippen LogP contribution is 2.03. The third kappa shape index (κ3) is 1.26. The smallest absolute Gasteiger partial charge is 0.367 e. The van der Waals surface area contributed by atoms with Crippen LogP contribution >= 0.6 is 11.3 Å². The van der Waals surface area contributed by atoms with Crippen molar-refractivity contribution in [3.63, 3.8) is 0 Å². The second-order valence-corrected chi connectivity index (χ2v) is 2.10. The monoisotopic (exact) mass is 142 g/mol. The van der Waals surface area contributed by atoms with Gasteiger partial charge in [0.25, 0.3) is 0 Å². The van der Waals surface area contributed by atoms with Crippen molar-refractivity contribution in [2.24, 2.45) is 0 Å². The van der Waals surface area contributed by atoms with Crippen molar-refractivity contribution in [3.05, 3.63) is 16.6 Å². The molecule has 47 valence electrons. The summed E-state index contributed by atoms with van der Waals surface area (Å²) >= 11 is 1.14. The molecule has 0 aliphatic carbocycles. The molecule has 4 heteroatoms. The molecule has 0 aromatic carbocycles. The lowest BCUT2D eigenvalue weighted by molar-refractivity contribution is 0.0600. The van der Waals surface area contributed by atoms with Crippen molar-refractivity contribution in [1.29, 1.82) is 0 Å². The van der Waals surface area contributed by atoms with Crippen LogP contribution in [0.15, 0.2) is 6.20 Å². The van der Waals surface area contributed by atoms with Gasteiger partial charge in [0.05, 0.1) is 12.5 Å². The number of nitrogens with zero attached hydrogens (tertiary/aromatic N) is 1. The lowest BCUT2D eigenvalue weighted by Crippen LogP contribution is -1.98. The molecule has 0 amide bonds. The summed E-state index contributed by atoms with van der Waals surface area (Å²) in [6.45, 7) is 0. The highest BCUT2D eigenvalue weighted by molar-refractivity contribution is 7.11. The van der Waals surface area contributed by atoms with Crippen LogP contribution in [0.2, 0.25) is 0 Å². The molecule has 0 N–H and O–H groups in total. The fourth-order valence-corrected chi connectivity index (χ4v) is 0.864. The second kappa shape index (κ2) is 2.59. The topological polar surface area (TPSA) is 39.2 Å². The van der Waals surface area contributed by atoms with E-state index in [1.165, 1.54) is 13.3 Å². The normalized spacial score (nSPS) is 9.00. The molecule has 0 spiro atoms. The molecule has 3 nitrogen and oxygen atoms in total. The van der Waals surface area contributed by atoms with Gasteiger partial charge in [0.15, 0.2) is 0 Å². The highest BCUT2D eigenvalue weighted by Gasteiger charge is 2.05. The van der Waals surface area contributed by atoms with Crippen LogP contribution in [0.25, 0.3) is 0 Å². The molecule has 0 aliphatic heterocycles. The molecular weight excluding hydrogens is 138 g/mol. The minimum atomic E-state index is -0.402. The zero-order valence-corrected chi connectivity index (χ0v) is 5.57. The van der Waals surface area contributed by atoms with Crippen molar-refractivity contribution in [1.82, 2.24) is 4.98 Å². The molecule has 0 unspecified atom stereocenters. The average molecular weight is 142 g/mol. The Morgan fingerprint density at radius 2 is 2.78 bits per heavy atom. The molecule has 1 rings (SSSR count). The number of aromatic nitrogens is 1. The van der Waals surface area contributed by atoms with E-state index >= 15 is 0 Å². The van der Waals surface area contributed by atoms with E-state index in [1.54, 1.807) is 0 Å². The van der Waals surface area contributed by atoms with Crippen LogP contribution in [0, 0.1) is 5.38 Å². The Labute approximate surface area is 56.3 Å². The first kappa shape index (κ1) is 6.22. The van der Waals surface area contributed by atoms with Gasteiger partial charge in [0.1, 0.15) is 0 Å². The number of esters is 1. The number of carbonyl (C=O) groups excluding carboxylic acids is 1. The van der Waals surface area contributed by atoms with E-state index in [0.717, 1.165) is 11.3 Å². The average Bonchev–Trinajstić information content (AvgIpc) is 2.37. The molecular formula is C5H4NO2S. The van der Waals surface area contributed by atoms with Crippen LogP contribution in [-0.4, -0.2) is 18.1 Å². The van der Waals surface area contributed by atoms with Crippen LogP contribution in [0.1, 0.15) is 9.80 Å². The van der Waals surface area contributed by atoms with Gasteiger partial charge in [-0.15, -0.1) is 11.3 Å². The van der Waals surface area contributed by atoms with Crippen molar-refractivity contribution in [2.75, 3.05) is 7.11 Å². The van der Waals surface area contributed by atoms with Gasteiger partial charge in [-0.25, -0.2) is 9.78 Å². The minimum absolute atomic E-state index is 0.345. The van der Waals surface area contributed by atoms with Gasteiger partial charge in [0, 0.05) is 6.20 Å². The predicted molar refractivity (Wildman–Crippen MR) is 32.3 cm³/mol. The largest absolute Gasteiger partial charge is 0.464 e. The zero-order valence-electron chi connectivity index (χ0n) is 4.75. The third-order valence-corrected chi connectivity index (χ3v) is 1.44. The number of thiazole rings is 1. The molecule has 0 fully saturated rings. The maximum atomic E-state index is 10.6. The van der Waals surface area contributed by atoms with Gasteiger partial charge in [-0.3, -0.25) is 0 Å². The second-order valence-electron chi connectivity index (χ2n) is 1.27. The Balaban J connectivity index is 2.77. The molecule has 0 atom stereocenters. The predicted octanol–water partition coefficient (Wildman–Crippen LogP) is 0.730. The lowest BCUT2D eigenvalue weighted by atomic mass is 10.7. The SMILES string of the molecule is COC(=O)c1nc[c]s1. The Hall–Kier alpha value is -0.900. The first-order valence-corrected chi connectivity index (χ1v) is 3.06. The van der Waals surface area contributed by atoms with Gasteiger partial charge >= 0.3 is 5.97 Å². The highest BCUT2D eigenvalue weighted by atomic mass is 32.1. The summed E-state index contributed by atoms with van der Waals surface area (Å²) in [5, 5.41) is 3.02. The molecule has 0 saturated heterocycles. The van der Waals surface area contributed by atoms with Gasteiger partial charge in [-0.1, -0.05) is 0 Å². The minimum Gasteiger partial charge on any atom is -0.464 e. The first-order valence-electron chi connectivity index (χ1n) is 2.25. The van der Waals surface area contributed by atoms with Gasteiger partial charge in [0.2, 0.25) is 5.01 Å². The summed E-state index contributed by atoms with van der Waals surface area (Å²) in [4.78, 5) is 14.3. The molecule has 9 heavy (non-hydrogen) atoms. The molecule has 1 radical (unpaired) electrons. The molecule has 1 heterocycles. The fraction of sp³-hybridized carbons (Fsp3) is 0.200. The summed E-state index contributed by atoms with van der Waals surface area (Å²) in [6.07, 6.45) is 1.44. The van der Waals surface area contributed by atoms with E-state index in [1.807, 2.05) is 0 Å². The van der Waals surface area contributed by atoms with Crippen LogP contribution in [0.3, 0.4) is 0 Å². The zero-order chi connectivity index (χ0) is 6.69. The summed E-state index contributed by atoms with van der Waals surface area (Å²) in [6, 6.07) is 0. The van der Waals surface area contributed by atoms with Gasteiger partial charge < -0.3 is 4.74 Å². The van der Waals surface area contributed by atoms with Crippen molar-refractivity contribution < 1.29 is 9.53 Å². The van der Waals surface area contributed by atoms with Crippen LogP contribution in [-0.2, 0) is 4.74 Å². The fourth-order valence-electron chi connectivity index (χ4n) is 0.375. The lowest BCUT2D eigenvalue weighted by Gasteiger charge is -1.88.